The number of hydrogen-bond donors (Lipinski definition) is 0. The van der Waals surface area contributed by atoms with Gasteiger partial charge >= 0.3 is 0 Å². The summed E-state index contributed by atoms with van der Waals surface area (Å²) in [7, 11) is 2.18. The summed E-state index contributed by atoms with van der Waals surface area (Å²) in [4.78, 5) is 2.39. The molecule has 23 heavy (non-hydrogen) atoms. The van der Waals surface area contributed by atoms with Crippen LogP contribution in [0, 0.1) is 6.92 Å². The standard InChI is InChI=1S/C20H33N3/c1-9-12-16(5)22(8)14-20(15(4)10-2)18(7)23-17(6)13-19(11-3)21-23/h10,13,16H,2,7,9,11-12,14H2,1,3-6,8H3/b20-15+. The number of hydrogen-bond acceptors (Lipinski definition) is 2. The van der Waals surface area contributed by atoms with Crippen molar-refractivity contribution < 1.29 is 0 Å². The summed E-state index contributed by atoms with van der Waals surface area (Å²) in [6, 6.07) is 2.68. The van der Waals surface area contributed by atoms with E-state index in [1.165, 1.54) is 24.0 Å². The Hall–Kier alpha value is -1.61. The molecule has 0 bridgehead atoms. The molecular formula is C20H33N3. The smallest absolute Gasteiger partial charge is 0.0629 e. The third kappa shape index (κ3) is 4.93. The molecule has 0 saturated carbocycles. The van der Waals surface area contributed by atoms with E-state index < -0.39 is 0 Å². The quantitative estimate of drug-likeness (QED) is 0.608. The predicted octanol–water partition coefficient (Wildman–Crippen LogP) is 4.85. The molecule has 1 unspecified atom stereocenters. The van der Waals surface area contributed by atoms with Gasteiger partial charge in [0.2, 0.25) is 0 Å². The third-order valence-electron chi connectivity index (χ3n) is 4.55. The van der Waals surface area contributed by atoms with Gasteiger partial charge in [0.15, 0.2) is 0 Å². The molecule has 0 amide bonds. The molecule has 1 atom stereocenters. The first-order chi connectivity index (χ1) is 10.8. The number of rotatable bonds is 9. The zero-order valence-corrected chi connectivity index (χ0v) is 15.8. The van der Waals surface area contributed by atoms with E-state index >= 15 is 0 Å². The van der Waals surface area contributed by atoms with Crippen molar-refractivity contribution in [1.29, 1.82) is 0 Å². The highest BCUT2D eigenvalue weighted by atomic mass is 15.3. The monoisotopic (exact) mass is 315 g/mol. The lowest BCUT2D eigenvalue weighted by molar-refractivity contribution is 0.265. The molecule has 0 aliphatic heterocycles. The average molecular weight is 316 g/mol. The van der Waals surface area contributed by atoms with Gasteiger partial charge in [0.25, 0.3) is 0 Å². The summed E-state index contributed by atoms with van der Waals surface area (Å²) in [5.74, 6) is 0. The maximum absolute atomic E-state index is 4.68. The normalized spacial score (nSPS) is 13.9. The fourth-order valence-corrected chi connectivity index (χ4v) is 2.72. The van der Waals surface area contributed by atoms with Crippen LogP contribution >= 0.6 is 0 Å². The second kappa shape index (κ2) is 8.88. The molecule has 1 heterocycles. The van der Waals surface area contributed by atoms with Crippen LogP contribution < -0.4 is 0 Å². The van der Waals surface area contributed by atoms with Crippen molar-refractivity contribution >= 4 is 5.70 Å². The van der Waals surface area contributed by atoms with Crippen molar-refractivity contribution in [2.45, 2.75) is 59.9 Å². The van der Waals surface area contributed by atoms with Gasteiger partial charge in [-0.3, -0.25) is 4.90 Å². The lowest BCUT2D eigenvalue weighted by Gasteiger charge is -2.27. The zero-order valence-electron chi connectivity index (χ0n) is 15.8. The number of allylic oxidation sites excluding steroid dienone is 2. The highest BCUT2D eigenvalue weighted by molar-refractivity contribution is 5.65. The molecule has 0 aliphatic carbocycles. The minimum Gasteiger partial charge on any atom is -0.299 e. The molecule has 3 heteroatoms. The zero-order chi connectivity index (χ0) is 17.6. The molecule has 1 aromatic rings. The number of likely N-dealkylation sites (N-methyl/N-ethyl adjacent to an activating group) is 1. The predicted molar refractivity (Wildman–Crippen MR) is 102 cm³/mol. The first kappa shape index (κ1) is 19.4. The van der Waals surface area contributed by atoms with Crippen LogP contribution in [0.4, 0.5) is 0 Å². The maximum atomic E-state index is 4.68. The van der Waals surface area contributed by atoms with Gasteiger partial charge in [0, 0.05) is 18.3 Å². The van der Waals surface area contributed by atoms with Crippen molar-refractivity contribution in [3.05, 3.63) is 47.8 Å². The van der Waals surface area contributed by atoms with E-state index in [4.69, 9.17) is 0 Å². The van der Waals surface area contributed by atoms with Gasteiger partial charge in [-0.1, -0.05) is 39.5 Å². The van der Waals surface area contributed by atoms with Crippen LogP contribution in [0.15, 0.2) is 36.4 Å². The number of aromatic nitrogens is 2. The summed E-state index contributed by atoms with van der Waals surface area (Å²) in [6.07, 6.45) is 5.25. The molecule has 0 aliphatic rings. The molecule has 0 saturated heterocycles. The molecule has 0 aromatic carbocycles. The second-order valence-electron chi connectivity index (χ2n) is 6.41. The van der Waals surface area contributed by atoms with Crippen molar-refractivity contribution in [3.8, 4) is 0 Å². The van der Waals surface area contributed by atoms with Gasteiger partial charge in [-0.25, -0.2) is 4.68 Å². The van der Waals surface area contributed by atoms with E-state index in [1.54, 1.807) is 0 Å². The molecule has 128 valence electrons. The Morgan fingerprint density at radius 1 is 1.43 bits per heavy atom. The molecule has 0 fully saturated rings. The fourth-order valence-electron chi connectivity index (χ4n) is 2.72. The van der Waals surface area contributed by atoms with E-state index in [0.717, 1.165) is 30.1 Å². The van der Waals surface area contributed by atoms with Gasteiger partial charge < -0.3 is 0 Å². The Kier molecular flexibility index (Phi) is 7.50. The second-order valence-corrected chi connectivity index (χ2v) is 6.41. The Morgan fingerprint density at radius 3 is 2.57 bits per heavy atom. The van der Waals surface area contributed by atoms with Crippen molar-refractivity contribution in [1.82, 2.24) is 14.7 Å². The highest BCUT2D eigenvalue weighted by Gasteiger charge is 2.16. The van der Waals surface area contributed by atoms with Gasteiger partial charge in [0.05, 0.1) is 11.4 Å². The van der Waals surface area contributed by atoms with Crippen LogP contribution in [0.2, 0.25) is 0 Å². The Morgan fingerprint density at radius 2 is 2.09 bits per heavy atom. The summed E-state index contributed by atoms with van der Waals surface area (Å²) >= 11 is 0. The van der Waals surface area contributed by atoms with Gasteiger partial charge in [-0.15, -0.1) is 0 Å². The summed E-state index contributed by atoms with van der Waals surface area (Å²) in [6.45, 7) is 20.0. The van der Waals surface area contributed by atoms with Crippen molar-refractivity contribution in [2.75, 3.05) is 13.6 Å². The molecular weight excluding hydrogens is 282 g/mol. The molecule has 0 N–H and O–H groups in total. The maximum Gasteiger partial charge on any atom is 0.0629 e. The van der Waals surface area contributed by atoms with Crippen LogP contribution in [0.1, 0.15) is 51.9 Å². The SMILES string of the molecule is C=C/C(C)=C(\CN(C)C(C)CCC)C(=C)n1nc(CC)cc1C. The molecule has 0 radical (unpaired) electrons. The van der Waals surface area contributed by atoms with Crippen LogP contribution in [0.3, 0.4) is 0 Å². The summed E-state index contributed by atoms with van der Waals surface area (Å²) < 4.78 is 1.97. The van der Waals surface area contributed by atoms with Crippen LogP contribution in [-0.4, -0.2) is 34.3 Å². The topological polar surface area (TPSA) is 21.1 Å². The lowest BCUT2D eigenvalue weighted by atomic mass is 10.0. The van der Waals surface area contributed by atoms with E-state index in [-0.39, 0.29) is 0 Å². The Balaban J connectivity index is 3.10. The van der Waals surface area contributed by atoms with E-state index in [0.29, 0.717) is 6.04 Å². The minimum atomic E-state index is 0.547. The van der Waals surface area contributed by atoms with E-state index in [9.17, 15) is 0 Å². The molecule has 0 spiro atoms. The van der Waals surface area contributed by atoms with Crippen LogP contribution in [-0.2, 0) is 6.42 Å². The highest BCUT2D eigenvalue weighted by Crippen LogP contribution is 2.23. The molecule has 3 nitrogen and oxygen atoms in total. The summed E-state index contributed by atoms with van der Waals surface area (Å²) in [5, 5.41) is 4.68. The molecule has 1 aromatic heterocycles. The number of aryl methyl sites for hydroxylation is 2. The van der Waals surface area contributed by atoms with Gasteiger partial charge in [0.1, 0.15) is 0 Å². The average Bonchev–Trinajstić information content (AvgIpc) is 2.92. The summed E-state index contributed by atoms with van der Waals surface area (Å²) in [5.41, 5.74) is 5.56. The third-order valence-corrected chi connectivity index (χ3v) is 4.55. The van der Waals surface area contributed by atoms with Gasteiger partial charge in [-0.05, 0) is 57.9 Å². The Bertz CT molecular complexity index is 578. The first-order valence-corrected chi connectivity index (χ1v) is 8.63. The van der Waals surface area contributed by atoms with Crippen molar-refractivity contribution in [3.63, 3.8) is 0 Å². The van der Waals surface area contributed by atoms with Crippen LogP contribution in [0.25, 0.3) is 5.70 Å². The van der Waals surface area contributed by atoms with Gasteiger partial charge in [-0.2, -0.15) is 5.10 Å². The van der Waals surface area contributed by atoms with E-state index in [1.807, 2.05) is 10.8 Å². The lowest BCUT2D eigenvalue weighted by Crippen LogP contribution is -2.31. The van der Waals surface area contributed by atoms with Crippen molar-refractivity contribution in [2.24, 2.45) is 0 Å². The number of nitrogens with zero attached hydrogens (tertiary/aromatic N) is 3. The largest absolute Gasteiger partial charge is 0.299 e. The van der Waals surface area contributed by atoms with E-state index in [2.05, 4.69) is 70.9 Å². The fraction of sp³-hybridized carbons (Fsp3) is 0.550. The first-order valence-electron chi connectivity index (χ1n) is 8.63. The Labute approximate surface area is 142 Å². The minimum absolute atomic E-state index is 0.547. The van der Waals surface area contributed by atoms with Crippen LogP contribution in [0.5, 0.6) is 0 Å². The molecule has 1 rings (SSSR count).